The molecule has 0 spiro atoms. The van der Waals surface area contributed by atoms with Gasteiger partial charge in [-0.2, -0.15) is 5.10 Å². The largest absolute Gasteiger partial charge is 0.335 e. The third-order valence-corrected chi connectivity index (χ3v) is 5.83. The van der Waals surface area contributed by atoms with Crippen LogP contribution in [-0.2, 0) is 13.6 Å². The van der Waals surface area contributed by atoms with Gasteiger partial charge in [0.15, 0.2) is 5.69 Å². The van der Waals surface area contributed by atoms with Crippen LogP contribution in [0.15, 0.2) is 47.3 Å². The van der Waals surface area contributed by atoms with Crippen molar-refractivity contribution in [1.82, 2.24) is 19.6 Å². The van der Waals surface area contributed by atoms with Crippen LogP contribution >= 0.6 is 23.2 Å². The maximum atomic E-state index is 13.0. The van der Waals surface area contributed by atoms with Crippen LogP contribution < -0.4 is 5.43 Å². The Morgan fingerprint density at radius 1 is 1.07 bits per heavy atom. The van der Waals surface area contributed by atoms with Crippen LogP contribution in [0.3, 0.4) is 0 Å². The Hall–Kier alpha value is -2.41. The number of fused-ring (bicyclic) bond motifs is 1. The van der Waals surface area contributed by atoms with E-state index in [1.807, 2.05) is 24.3 Å². The number of rotatable bonds is 3. The number of halogens is 2. The first-order valence-electron chi connectivity index (χ1n) is 9.35. The zero-order valence-electron chi connectivity index (χ0n) is 15.9. The van der Waals surface area contributed by atoms with Gasteiger partial charge >= 0.3 is 0 Å². The average molecular weight is 431 g/mol. The monoisotopic (exact) mass is 430 g/mol. The number of piperazine rings is 1. The van der Waals surface area contributed by atoms with Crippen LogP contribution in [0, 0.1) is 0 Å². The Bertz CT molecular complexity index is 1140. The van der Waals surface area contributed by atoms with Crippen LogP contribution in [-0.4, -0.2) is 51.7 Å². The zero-order chi connectivity index (χ0) is 20.5. The molecule has 0 N–H and O–H groups in total. The number of carbonyl (C=O) groups excluding carboxylic acids is 1. The molecule has 0 aliphatic carbocycles. The van der Waals surface area contributed by atoms with Crippen LogP contribution in [0.4, 0.5) is 0 Å². The van der Waals surface area contributed by atoms with E-state index in [1.54, 1.807) is 34.8 Å². The highest BCUT2D eigenvalue weighted by Crippen LogP contribution is 2.19. The van der Waals surface area contributed by atoms with Crippen LogP contribution in [0.5, 0.6) is 0 Å². The second-order valence-electron chi connectivity index (χ2n) is 7.12. The molecule has 0 unspecified atom stereocenters. The minimum Gasteiger partial charge on any atom is -0.335 e. The minimum atomic E-state index is -0.385. The first-order chi connectivity index (χ1) is 13.9. The van der Waals surface area contributed by atoms with Crippen molar-refractivity contribution in [3.05, 3.63) is 74.0 Å². The molecule has 3 aromatic rings. The van der Waals surface area contributed by atoms with Gasteiger partial charge in [0.1, 0.15) is 0 Å². The number of aryl methyl sites for hydroxylation is 1. The molecule has 0 radical (unpaired) electrons. The molecule has 4 rings (SSSR count). The highest BCUT2D eigenvalue weighted by atomic mass is 35.5. The number of amides is 1. The van der Waals surface area contributed by atoms with E-state index in [4.69, 9.17) is 23.2 Å². The van der Waals surface area contributed by atoms with E-state index in [-0.39, 0.29) is 17.0 Å². The van der Waals surface area contributed by atoms with Crippen LogP contribution in [0.1, 0.15) is 16.1 Å². The number of benzene rings is 2. The van der Waals surface area contributed by atoms with E-state index >= 15 is 0 Å². The summed E-state index contributed by atoms with van der Waals surface area (Å²) in [4.78, 5) is 29.8. The quantitative estimate of drug-likeness (QED) is 0.639. The predicted octanol–water partition coefficient (Wildman–Crippen LogP) is 3.20. The summed E-state index contributed by atoms with van der Waals surface area (Å²) in [5.74, 6) is -0.343. The average Bonchev–Trinajstić information content (AvgIpc) is 2.72. The van der Waals surface area contributed by atoms with E-state index in [9.17, 15) is 9.59 Å². The Balaban J connectivity index is 1.51. The molecule has 150 valence electrons. The van der Waals surface area contributed by atoms with Gasteiger partial charge in [0.05, 0.1) is 10.9 Å². The molecule has 1 aromatic heterocycles. The first-order valence-corrected chi connectivity index (χ1v) is 10.1. The number of hydrogen-bond acceptors (Lipinski definition) is 4. The van der Waals surface area contributed by atoms with Gasteiger partial charge in [-0.15, -0.1) is 0 Å². The van der Waals surface area contributed by atoms with E-state index in [0.29, 0.717) is 42.1 Å². The van der Waals surface area contributed by atoms with Crippen molar-refractivity contribution < 1.29 is 4.79 Å². The summed E-state index contributed by atoms with van der Waals surface area (Å²) in [5.41, 5.74) is 1.25. The molecule has 1 aliphatic rings. The Kier molecular flexibility index (Phi) is 5.58. The molecule has 29 heavy (non-hydrogen) atoms. The SMILES string of the molecule is Cn1nc(C(=O)N2CCN(Cc3ccccc3Cl)CC2)c(=O)c2cc(Cl)ccc21. The fourth-order valence-corrected chi connectivity index (χ4v) is 3.98. The number of carbonyl (C=O) groups is 1. The van der Waals surface area contributed by atoms with Gasteiger partial charge in [-0.25, -0.2) is 0 Å². The normalized spacial score (nSPS) is 15.1. The highest BCUT2D eigenvalue weighted by Gasteiger charge is 2.26. The maximum Gasteiger partial charge on any atom is 0.278 e. The lowest BCUT2D eigenvalue weighted by Crippen LogP contribution is -2.49. The van der Waals surface area contributed by atoms with E-state index in [2.05, 4.69) is 10.00 Å². The number of aromatic nitrogens is 2. The molecular formula is C21H20Cl2N4O2. The van der Waals surface area contributed by atoms with Gasteiger partial charge in [-0.05, 0) is 29.8 Å². The molecular weight excluding hydrogens is 411 g/mol. The van der Waals surface area contributed by atoms with E-state index in [1.165, 1.54) is 0 Å². The lowest BCUT2D eigenvalue weighted by Gasteiger charge is -2.34. The molecule has 8 heteroatoms. The smallest absolute Gasteiger partial charge is 0.278 e. The van der Waals surface area contributed by atoms with Crippen molar-refractivity contribution >= 4 is 40.0 Å². The predicted molar refractivity (Wildman–Crippen MR) is 115 cm³/mol. The molecule has 6 nitrogen and oxygen atoms in total. The van der Waals surface area contributed by atoms with Crippen molar-refractivity contribution in [2.45, 2.75) is 6.54 Å². The topological polar surface area (TPSA) is 58.4 Å². The Labute approximate surface area is 178 Å². The summed E-state index contributed by atoms with van der Waals surface area (Å²) in [6.07, 6.45) is 0. The standard InChI is InChI=1S/C21H20Cl2N4O2/c1-25-18-7-6-15(22)12-16(18)20(28)19(24-25)21(29)27-10-8-26(9-11-27)13-14-4-2-3-5-17(14)23/h2-7,12H,8-11,13H2,1H3. The lowest BCUT2D eigenvalue weighted by atomic mass is 10.1. The molecule has 1 amide bonds. The Morgan fingerprint density at radius 3 is 2.52 bits per heavy atom. The molecule has 0 bridgehead atoms. The molecule has 1 fully saturated rings. The fourth-order valence-electron chi connectivity index (χ4n) is 3.62. The molecule has 1 saturated heterocycles. The van der Waals surface area contributed by atoms with Crippen molar-refractivity contribution in [3.63, 3.8) is 0 Å². The van der Waals surface area contributed by atoms with E-state index in [0.717, 1.165) is 17.1 Å². The third kappa shape index (κ3) is 4.01. The fraction of sp³-hybridized carbons (Fsp3) is 0.286. The van der Waals surface area contributed by atoms with Crippen molar-refractivity contribution in [3.8, 4) is 0 Å². The lowest BCUT2D eigenvalue weighted by molar-refractivity contribution is 0.0619. The highest BCUT2D eigenvalue weighted by molar-refractivity contribution is 6.31. The second kappa shape index (κ2) is 8.14. The summed E-state index contributed by atoms with van der Waals surface area (Å²) < 4.78 is 1.55. The summed E-state index contributed by atoms with van der Waals surface area (Å²) in [7, 11) is 1.72. The molecule has 1 aliphatic heterocycles. The van der Waals surface area contributed by atoms with Crippen molar-refractivity contribution in [1.29, 1.82) is 0 Å². The molecule has 2 aromatic carbocycles. The van der Waals surface area contributed by atoms with Crippen molar-refractivity contribution in [2.24, 2.45) is 7.05 Å². The van der Waals surface area contributed by atoms with Crippen LogP contribution in [0.25, 0.3) is 10.9 Å². The van der Waals surface area contributed by atoms with Gasteiger partial charge in [0.2, 0.25) is 5.43 Å². The zero-order valence-corrected chi connectivity index (χ0v) is 17.5. The van der Waals surface area contributed by atoms with Gasteiger partial charge < -0.3 is 4.90 Å². The minimum absolute atomic E-state index is 0.0678. The van der Waals surface area contributed by atoms with Gasteiger partial charge in [0.25, 0.3) is 5.91 Å². The molecule has 2 heterocycles. The first kappa shape index (κ1) is 19.9. The third-order valence-electron chi connectivity index (χ3n) is 5.23. The summed E-state index contributed by atoms with van der Waals surface area (Å²) in [6, 6.07) is 12.8. The maximum absolute atomic E-state index is 13.0. The second-order valence-corrected chi connectivity index (χ2v) is 7.97. The number of hydrogen-bond donors (Lipinski definition) is 0. The van der Waals surface area contributed by atoms with Crippen molar-refractivity contribution in [2.75, 3.05) is 26.2 Å². The number of nitrogens with zero attached hydrogens (tertiary/aromatic N) is 4. The van der Waals surface area contributed by atoms with Gasteiger partial charge in [-0.1, -0.05) is 41.4 Å². The van der Waals surface area contributed by atoms with E-state index < -0.39 is 0 Å². The van der Waals surface area contributed by atoms with Gasteiger partial charge in [-0.3, -0.25) is 19.2 Å². The van der Waals surface area contributed by atoms with Gasteiger partial charge in [0, 0.05) is 49.8 Å². The van der Waals surface area contributed by atoms with Crippen LogP contribution in [0.2, 0.25) is 10.0 Å². The summed E-state index contributed by atoms with van der Waals surface area (Å²) in [6.45, 7) is 3.20. The molecule has 0 atom stereocenters. The molecule has 0 saturated carbocycles. The Morgan fingerprint density at radius 2 is 1.79 bits per heavy atom. The summed E-state index contributed by atoms with van der Waals surface area (Å²) >= 11 is 12.3. The summed E-state index contributed by atoms with van der Waals surface area (Å²) in [5, 5.41) is 5.84.